The molecule has 0 amide bonds. The quantitative estimate of drug-likeness (QED) is 0.672. The lowest BCUT2D eigenvalue weighted by Gasteiger charge is -1.84. The molecular formula is C9H9NOS. The zero-order chi connectivity index (χ0) is 8.55. The Hall–Kier alpha value is -1.09. The van der Waals surface area contributed by atoms with E-state index in [1.807, 2.05) is 19.1 Å². The Morgan fingerprint density at radius 2 is 2.25 bits per heavy atom. The molecule has 0 fully saturated rings. The Morgan fingerprint density at radius 3 is 2.75 bits per heavy atom. The number of aromatic nitrogens is 1. The lowest BCUT2D eigenvalue weighted by atomic mass is 10.4. The first-order chi connectivity index (χ1) is 5.77. The van der Waals surface area contributed by atoms with Gasteiger partial charge in [0.1, 0.15) is 0 Å². The highest BCUT2D eigenvalue weighted by Gasteiger charge is 2.07. The molecular weight excluding hydrogens is 170 g/mol. The predicted molar refractivity (Wildman–Crippen MR) is 49.3 cm³/mol. The molecule has 0 spiro atoms. The Morgan fingerprint density at radius 1 is 1.42 bits per heavy atom. The van der Waals surface area contributed by atoms with Crippen LogP contribution in [-0.4, -0.2) is 4.98 Å². The van der Waals surface area contributed by atoms with Gasteiger partial charge in [0, 0.05) is 4.88 Å². The number of nitrogens with zero attached hydrogens (tertiary/aromatic N) is 1. The summed E-state index contributed by atoms with van der Waals surface area (Å²) < 4.78 is 5.24. The predicted octanol–water partition coefficient (Wildman–Crippen LogP) is 3.02. The van der Waals surface area contributed by atoms with Gasteiger partial charge in [-0.15, -0.1) is 11.3 Å². The van der Waals surface area contributed by atoms with Crippen LogP contribution in [0.2, 0.25) is 0 Å². The molecule has 62 valence electrons. The Kier molecular flexibility index (Phi) is 1.73. The van der Waals surface area contributed by atoms with Gasteiger partial charge in [-0.05, 0) is 26.0 Å². The van der Waals surface area contributed by atoms with Gasteiger partial charge < -0.3 is 4.42 Å². The lowest BCUT2D eigenvalue weighted by Crippen LogP contribution is -1.73. The van der Waals surface area contributed by atoms with E-state index in [0.29, 0.717) is 0 Å². The van der Waals surface area contributed by atoms with Gasteiger partial charge in [0.25, 0.3) is 0 Å². The van der Waals surface area contributed by atoms with E-state index in [0.717, 1.165) is 16.5 Å². The van der Waals surface area contributed by atoms with Crippen LogP contribution in [0, 0.1) is 13.8 Å². The highest BCUT2D eigenvalue weighted by atomic mass is 32.1. The summed E-state index contributed by atoms with van der Waals surface area (Å²) in [6.07, 6.45) is 1.67. The number of aryl methyl sites for hydroxylation is 2. The van der Waals surface area contributed by atoms with Crippen molar-refractivity contribution in [2.75, 3.05) is 0 Å². The first-order valence-electron chi connectivity index (χ1n) is 3.75. The smallest absolute Gasteiger partial charge is 0.162 e. The maximum absolute atomic E-state index is 5.24. The average Bonchev–Trinajstić information content (AvgIpc) is 2.61. The summed E-state index contributed by atoms with van der Waals surface area (Å²) in [5.41, 5.74) is 1.09. The molecule has 12 heavy (non-hydrogen) atoms. The largest absolute Gasteiger partial charge is 0.462 e. The maximum atomic E-state index is 5.24. The summed E-state index contributed by atoms with van der Waals surface area (Å²) in [5.74, 6) is 0.858. The third-order valence-corrected chi connectivity index (χ3v) is 2.85. The summed E-state index contributed by atoms with van der Waals surface area (Å²) in [4.78, 5) is 5.63. The van der Waals surface area contributed by atoms with Crippen molar-refractivity contribution in [2.45, 2.75) is 13.8 Å². The SMILES string of the molecule is Cc1nc(-c2ccco2)sc1C. The molecule has 0 aliphatic heterocycles. The fourth-order valence-corrected chi connectivity index (χ4v) is 1.86. The van der Waals surface area contributed by atoms with E-state index in [9.17, 15) is 0 Å². The Balaban J connectivity index is 2.48. The normalized spacial score (nSPS) is 10.5. The third kappa shape index (κ3) is 1.16. The zero-order valence-electron chi connectivity index (χ0n) is 7.00. The fraction of sp³-hybridized carbons (Fsp3) is 0.222. The summed E-state index contributed by atoms with van der Waals surface area (Å²) in [7, 11) is 0. The van der Waals surface area contributed by atoms with Gasteiger partial charge >= 0.3 is 0 Å². The number of hydrogen-bond donors (Lipinski definition) is 0. The average molecular weight is 179 g/mol. The van der Waals surface area contributed by atoms with Crippen LogP contribution in [0.25, 0.3) is 10.8 Å². The van der Waals surface area contributed by atoms with E-state index < -0.39 is 0 Å². The summed E-state index contributed by atoms with van der Waals surface area (Å²) in [6, 6.07) is 3.80. The van der Waals surface area contributed by atoms with E-state index >= 15 is 0 Å². The van der Waals surface area contributed by atoms with Crippen molar-refractivity contribution in [1.82, 2.24) is 4.98 Å². The minimum Gasteiger partial charge on any atom is -0.462 e. The fourth-order valence-electron chi connectivity index (χ4n) is 0.978. The summed E-state index contributed by atoms with van der Waals surface area (Å²) >= 11 is 1.67. The van der Waals surface area contributed by atoms with Crippen molar-refractivity contribution >= 4 is 11.3 Å². The summed E-state index contributed by atoms with van der Waals surface area (Å²) in [6.45, 7) is 4.08. The van der Waals surface area contributed by atoms with Crippen LogP contribution in [0.15, 0.2) is 22.8 Å². The molecule has 2 nitrogen and oxygen atoms in total. The van der Waals surface area contributed by atoms with E-state index in [1.165, 1.54) is 4.88 Å². The maximum Gasteiger partial charge on any atom is 0.162 e. The monoisotopic (exact) mass is 179 g/mol. The first-order valence-corrected chi connectivity index (χ1v) is 4.57. The molecule has 0 N–H and O–H groups in total. The van der Waals surface area contributed by atoms with Gasteiger partial charge in [-0.1, -0.05) is 0 Å². The molecule has 0 saturated carbocycles. The van der Waals surface area contributed by atoms with Crippen molar-refractivity contribution in [1.29, 1.82) is 0 Å². The second-order valence-electron chi connectivity index (χ2n) is 2.64. The van der Waals surface area contributed by atoms with Crippen LogP contribution in [0.5, 0.6) is 0 Å². The van der Waals surface area contributed by atoms with Gasteiger partial charge in [0.05, 0.1) is 12.0 Å². The van der Waals surface area contributed by atoms with Gasteiger partial charge in [-0.25, -0.2) is 4.98 Å². The molecule has 0 radical (unpaired) electrons. The standard InChI is InChI=1S/C9H9NOS/c1-6-7(2)12-9(10-6)8-4-3-5-11-8/h3-5H,1-2H3. The molecule has 0 unspecified atom stereocenters. The van der Waals surface area contributed by atoms with Crippen molar-refractivity contribution in [2.24, 2.45) is 0 Å². The Labute approximate surface area is 74.9 Å². The van der Waals surface area contributed by atoms with Crippen LogP contribution in [0.3, 0.4) is 0 Å². The molecule has 2 rings (SSSR count). The van der Waals surface area contributed by atoms with Crippen LogP contribution < -0.4 is 0 Å². The van der Waals surface area contributed by atoms with Crippen molar-refractivity contribution in [3.05, 3.63) is 29.0 Å². The molecule has 2 aromatic rings. The van der Waals surface area contributed by atoms with E-state index in [-0.39, 0.29) is 0 Å². The van der Waals surface area contributed by atoms with Crippen LogP contribution in [0.4, 0.5) is 0 Å². The van der Waals surface area contributed by atoms with E-state index in [4.69, 9.17) is 4.42 Å². The van der Waals surface area contributed by atoms with Crippen LogP contribution in [0.1, 0.15) is 10.6 Å². The highest BCUT2D eigenvalue weighted by molar-refractivity contribution is 7.15. The topological polar surface area (TPSA) is 26.0 Å². The molecule has 0 aromatic carbocycles. The summed E-state index contributed by atoms with van der Waals surface area (Å²) in [5, 5.41) is 0.968. The molecule has 0 saturated heterocycles. The second-order valence-corrected chi connectivity index (χ2v) is 3.84. The number of hydrogen-bond acceptors (Lipinski definition) is 3. The molecule has 2 heterocycles. The van der Waals surface area contributed by atoms with Gasteiger partial charge in [0.15, 0.2) is 10.8 Å². The van der Waals surface area contributed by atoms with E-state index in [2.05, 4.69) is 11.9 Å². The van der Waals surface area contributed by atoms with Gasteiger partial charge in [-0.2, -0.15) is 0 Å². The highest BCUT2D eigenvalue weighted by Crippen LogP contribution is 2.26. The molecule has 0 aliphatic carbocycles. The lowest BCUT2D eigenvalue weighted by molar-refractivity contribution is 0.581. The van der Waals surface area contributed by atoms with Gasteiger partial charge in [-0.3, -0.25) is 0 Å². The number of rotatable bonds is 1. The molecule has 0 aliphatic rings. The zero-order valence-corrected chi connectivity index (χ0v) is 7.81. The molecule has 0 atom stereocenters. The number of thiazole rings is 1. The van der Waals surface area contributed by atoms with Crippen LogP contribution in [-0.2, 0) is 0 Å². The van der Waals surface area contributed by atoms with E-state index in [1.54, 1.807) is 17.6 Å². The van der Waals surface area contributed by atoms with Crippen molar-refractivity contribution < 1.29 is 4.42 Å². The third-order valence-electron chi connectivity index (χ3n) is 1.76. The molecule has 3 heteroatoms. The molecule has 2 aromatic heterocycles. The molecule has 0 bridgehead atoms. The van der Waals surface area contributed by atoms with Crippen LogP contribution >= 0.6 is 11.3 Å². The first kappa shape index (κ1) is 7.55. The van der Waals surface area contributed by atoms with Crippen molar-refractivity contribution in [3.63, 3.8) is 0 Å². The second kappa shape index (κ2) is 2.75. The minimum absolute atomic E-state index is 0.858. The number of furan rings is 1. The van der Waals surface area contributed by atoms with Crippen molar-refractivity contribution in [3.8, 4) is 10.8 Å². The minimum atomic E-state index is 0.858. The Bertz CT molecular complexity index is 356. The van der Waals surface area contributed by atoms with Gasteiger partial charge in [0.2, 0.25) is 0 Å².